The maximum Gasteiger partial charge on any atom is 0.205 e. The van der Waals surface area contributed by atoms with Crippen LogP contribution in [0.2, 0.25) is 0 Å². The monoisotopic (exact) mass is 417 g/mol. The van der Waals surface area contributed by atoms with Gasteiger partial charge in [0.15, 0.2) is 17.3 Å². The molecule has 0 radical (unpaired) electrons. The normalized spacial score (nSPS) is 21.7. The summed E-state index contributed by atoms with van der Waals surface area (Å²) in [5.74, 6) is 1.89. The van der Waals surface area contributed by atoms with Crippen molar-refractivity contribution in [3.63, 3.8) is 0 Å². The summed E-state index contributed by atoms with van der Waals surface area (Å²) in [4.78, 5) is 9.64. The van der Waals surface area contributed by atoms with Gasteiger partial charge in [0, 0.05) is 15.6 Å². The summed E-state index contributed by atoms with van der Waals surface area (Å²) < 4.78 is 12.3. The Morgan fingerprint density at radius 1 is 1.04 bits per heavy atom. The molecule has 1 atom stereocenters. The predicted molar refractivity (Wildman–Crippen MR) is 105 cm³/mol. The lowest BCUT2D eigenvalue weighted by atomic mass is 9.92. The highest BCUT2D eigenvalue weighted by Crippen LogP contribution is 2.43. The molecule has 0 saturated heterocycles. The zero-order valence-electron chi connectivity index (χ0n) is 13.5. The number of amidine groups is 1. The van der Waals surface area contributed by atoms with Crippen molar-refractivity contribution >= 4 is 38.6 Å². The maximum atomic E-state index is 6.15. The van der Waals surface area contributed by atoms with E-state index in [9.17, 15) is 0 Å². The fourth-order valence-corrected chi connectivity index (χ4v) is 3.87. The Bertz CT molecular complexity index is 900. The molecule has 1 unspecified atom stereocenters. The summed E-state index contributed by atoms with van der Waals surface area (Å²) in [5, 5.41) is 0.731. The van der Waals surface area contributed by atoms with Gasteiger partial charge >= 0.3 is 0 Å². The number of aliphatic imine (C=N–C) groups is 2. The van der Waals surface area contributed by atoms with Gasteiger partial charge in [-0.1, -0.05) is 34.1 Å². The van der Waals surface area contributed by atoms with Crippen LogP contribution in [0.1, 0.15) is 11.1 Å². The van der Waals surface area contributed by atoms with Crippen molar-refractivity contribution in [3.8, 4) is 11.5 Å². The van der Waals surface area contributed by atoms with E-state index < -0.39 is 5.66 Å². The Labute approximate surface area is 158 Å². The molecular weight excluding hydrogens is 402 g/mol. The lowest BCUT2D eigenvalue weighted by molar-refractivity contribution is 0.171. The van der Waals surface area contributed by atoms with Gasteiger partial charge < -0.3 is 15.2 Å². The minimum absolute atomic E-state index is 0.447. The van der Waals surface area contributed by atoms with Crippen LogP contribution in [0.15, 0.2) is 56.9 Å². The van der Waals surface area contributed by atoms with Gasteiger partial charge in [-0.25, -0.2) is 9.98 Å². The van der Waals surface area contributed by atoms with Crippen molar-refractivity contribution in [1.29, 1.82) is 0 Å². The Balaban J connectivity index is 1.92. The van der Waals surface area contributed by atoms with E-state index in [1.54, 1.807) is 0 Å². The minimum atomic E-state index is -0.915. The van der Waals surface area contributed by atoms with Crippen molar-refractivity contribution in [2.24, 2.45) is 15.7 Å². The summed E-state index contributed by atoms with van der Waals surface area (Å²) in [7, 11) is 0. The van der Waals surface area contributed by atoms with Crippen molar-refractivity contribution in [3.05, 3.63) is 58.1 Å². The van der Waals surface area contributed by atoms with Gasteiger partial charge in [-0.05, 0) is 30.5 Å². The van der Waals surface area contributed by atoms with E-state index in [1.165, 1.54) is 11.8 Å². The fraction of sp³-hybridized carbons (Fsp3) is 0.222. The quantitative estimate of drug-likeness (QED) is 0.810. The minimum Gasteiger partial charge on any atom is -0.486 e. The van der Waals surface area contributed by atoms with Gasteiger partial charge in [0.25, 0.3) is 0 Å². The summed E-state index contributed by atoms with van der Waals surface area (Å²) >= 11 is 5.03. The topological polar surface area (TPSA) is 69.2 Å². The number of thioether (sulfide) groups is 1. The van der Waals surface area contributed by atoms with E-state index in [-0.39, 0.29) is 0 Å². The highest BCUT2D eigenvalue weighted by Gasteiger charge is 2.40. The predicted octanol–water partition coefficient (Wildman–Crippen LogP) is 3.55. The first kappa shape index (κ1) is 16.5. The number of rotatable bonds is 2. The molecule has 0 spiro atoms. The molecule has 25 heavy (non-hydrogen) atoms. The molecule has 2 aromatic carbocycles. The SMILES string of the molecule is CSC1=NC(c2cccc(Br)c2)(c2ccc3c(c2)OCCO3)N=C1N. The van der Waals surface area contributed by atoms with Crippen LogP contribution in [0.4, 0.5) is 0 Å². The molecule has 0 bridgehead atoms. The Morgan fingerprint density at radius 3 is 2.52 bits per heavy atom. The van der Waals surface area contributed by atoms with Crippen LogP contribution in [0.5, 0.6) is 11.5 Å². The second-order valence-corrected chi connectivity index (χ2v) is 7.37. The zero-order valence-corrected chi connectivity index (χ0v) is 15.9. The molecule has 0 aliphatic carbocycles. The molecule has 0 amide bonds. The van der Waals surface area contributed by atoms with Gasteiger partial charge in [0.1, 0.15) is 18.3 Å². The third-order valence-corrected chi connectivity index (χ3v) is 5.31. The molecule has 5 nitrogen and oxygen atoms in total. The molecule has 0 saturated carbocycles. The Morgan fingerprint density at radius 2 is 1.80 bits per heavy atom. The highest BCUT2D eigenvalue weighted by molar-refractivity contribution is 9.10. The average Bonchev–Trinajstić information content (AvgIpc) is 2.99. The maximum absolute atomic E-state index is 6.15. The molecule has 7 heteroatoms. The van der Waals surface area contributed by atoms with E-state index >= 15 is 0 Å². The first-order chi connectivity index (χ1) is 12.1. The summed E-state index contributed by atoms with van der Waals surface area (Å²) in [6.45, 7) is 1.09. The summed E-state index contributed by atoms with van der Waals surface area (Å²) in [6, 6.07) is 13.8. The fourth-order valence-electron chi connectivity index (χ4n) is 2.99. The number of hydrogen-bond donors (Lipinski definition) is 1. The Hall–Kier alpha value is -1.99. The van der Waals surface area contributed by atoms with E-state index in [0.717, 1.165) is 26.4 Å². The highest BCUT2D eigenvalue weighted by atomic mass is 79.9. The number of nitrogens with zero attached hydrogens (tertiary/aromatic N) is 2. The van der Waals surface area contributed by atoms with Gasteiger partial charge in [-0.15, -0.1) is 11.8 Å². The first-order valence-electron chi connectivity index (χ1n) is 7.78. The van der Waals surface area contributed by atoms with Gasteiger partial charge in [-0.2, -0.15) is 0 Å². The lowest BCUT2D eigenvalue weighted by Crippen LogP contribution is -2.23. The lowest BCUT2D eigenvalue weighted by Gasteiger charge is -2.26. The molecule has 4 rings (SSSR count). The van der Waals surface area contributed by atoms with Crippen molar-refractivity contribution < 1.29 is 9.47 Å². The number of fused-ring (bicyclic) bond motifs is 1. The molecular formula is C18H16BrN3O2S. The summed E-state index contributed by atoms with van der Waals surface area (Å²) in [6.07, 6.45) is 1.95. The molecule has 0 fully saturated rings. The summed E-state index contributed by atoms with van der Waals surface area (Å²) in [5.41, 5.74) is 7.06. The largest absolute Gasteiger partial charge is 0.486 e. The molecule has 2 heterocycles. The van der Waals surface area contributed by atoms with Gasteiger partial charge in [0.2, 0.25) is 5.66 Å². The first-order valence-corrected chi connectivity index (χ1v) is 9.80. The number of halogens is 1. The third kappa shape index (κ3) is 2.81. The molecule has 128 valence electrons. The van der Waals surface area contributed by atoms with Crippen molar-refractivity contribution in [2.45, 2.75) is 5.66 Å². The molecule has 2 N–H and O–H groups in total. The number of nitrogens with two attached hydrogens (primary N) is 1. The number of ether oxygens (including phenoxy) is 2. The van der Waals surface area contributed by atoms with Crippen LogP contribution in [-0.2, 0) is 5.66 Å². The van der Waals surface area contributed by atoms with Gasteiger partial charge in [0.05, 0.1) is 0 Å². The van der Waals surface area contributed by atoms with Crippen LogP contribution in [0.25, 0.3) is 0 Å². The number of benzene rings is 2. The van der Waals surface area contributed by atoms with Crippen molar-refractivity contribution in [2.75, 3.05) is 19.5 Å². The molecule has 2 aliphatic heterocycles. The van der Waals surface area contributed by atoms with E-state index in [1.807, 2.05) is 48.7 Å². The molecule has 0 aromatic heterocycles. The number of hydrogen-bond acceptors (Lipinski definition) is 6. The van der Waals surface area contributed by atoms with Crippen LogP contribution in [-0.4, -0.2) is 30.3 Å². The van der Waals surface area contributed by atoms with Crippen molar-refractivity contribution in [1.82, 2.24) is 0 Å². The van der Waals surface area contributed by atoms with E-state index in [2.05, 4.69) is 15.9 Å². The second-order valence-electron chi connectivity index (χ2n) is 5.66. The van der Waals surface area contributed by atoms with Crippen LogP contribution in [0.3, 0.4) is 0 Å². The Kier molecular flexibility index (Phi) is 4.21. The third-order valence-electron chi connectivity index (χ3n) is 4.13. The van der Waals surface area contributed by atoms with E-state index in [0.29, 0.717) is 24.8 Å². The standard InChI is InChI=1S/C18H16BrN3O2S/c1-25-17-16(20)21-18(22-17,11-3-2-4-13(19)9-11)12-5-6-14-15(10-12)24-8-7-23-14/h2-6,9-10H,7-8H2,1H3,(H2,20,21). The zero-order chi connectivity index (χ0) is 17.4. The van der Waals surface area contributed by atoms with Crippen LogP contribution >= 0.6 is 27.7 Å². The van der Waals surface area contributed by atoms with E-state index in [4.69, 9.17) is 25.2 Å². The van der Waals surface area contributed by atoms with Crippen LogP contribution < -0.4 is 15.2 Å². The average molecular weight is 418 g/mol. The smallest absolute Gasteiger partial charge is 0.205 e. The second kappa shape index (κ2) is 6.38. The van der Waals surface area contributed by atoms with Crippen LogP contribution in [0, 0.1) is 0 Å². The molecule has 2 aromatic rings. The molecule has 2 aliphatic rings. The van der Waals surface area contributed by atoms with Gasteiger partial charge in [-0.3, -0.25) is 0 Å².